The van der Waals surface area contributed by atoms with Crippen LogP contribution in [0.1, 0.15) is 23.0 Å². The van der Waals surface area contributed by atoms with Crippen LogP contribution in [0.4, 0.5) is 0 Å². The Morgan fingerprint density at radius 2 is 2.14 bits per heavy atom. The van der Waals surface area contributed by atoms with Crippen LogP contribution in [-0.2, 0) is 6.42 Å². The van der Waals surface area contributed by atoms with E-state index < -0.39 is 5.97 Å². The fraction of sp³-hybridized carbons (Fsp3) is 0.286. The van der Waals surface area contributed by atoms with E-state index in [1.807, 2.05) is 6.92 Å². The molecule has 0 spiro atoms. The highest BCUT2D eigenvalue weighted by Gasteiger charge is 2.24. The van der Waals surface area contributed by atoms with Gasteiger partial charge in [0.1, 0.15) is 18.9 Å². The third-order valence-corrected chi connectivity index (χ3v) is 3.84. The third-order valence-electron chi connectivity index (χ3n) is 3.21. The Hall–Kier alpha value is -2.02. The molecule has 0 aliphatic carbocycles. The molecule has 0 amide bonds. The van der Waals surface area contributed by atoms with E-state index >= 15 is 0 Å². The van der Waals surface area contributed by atoms with Crippen molar-refractivity contribution in [1.29, 1.82) is 0 Å². The first kappa shape index (κ1) is 13.9. The molecule has 2 aromatic rings. The fourth-order valence-corrected chi connectivity index (χ4v) is 2.98. The SMILES string of the molecule is CCc1c2c(cc(Br)c1-c1cc(C(=O)O)on1)OCCO2. The summed E-state index contributed by atoms with van der Waals surface area (Å²) in [6, 6.07) is 3.20. The molecule has 1 aliphatic heterocycles. The molecule has 0 fully saturated rings. The Morgan fingerprint density at radius 3 is 2.81 bits per heavy atom. The summed E-state index contributed by atoms with van der Waals surface area (Å²) in [5, 5.41) is 12.8. The zero-order chi connectivity index (χ0) is 15.0. The van der Waals surface area contributed by atoms with E-state index in [9.17, 15) is 4.79 Å². The Labute approximate surface area is 128 Å². The maximum Gasteiger partial charge on any atom is 0.374 e. The quantitative estimate of drug-likeness (QED) is 0.912. The molecule has 0 unspecified atom stereocenters. The summed E-state index contributed by atoms with van der Waals surface area (Å²) in [7, 11) is 0. The summed E-state index contributed by atoms with van der Waals surface area (Å²) >= 11 is 3.49. The van der Waals surface area contributed by atoms with Crippen molar-refractivity contribution >= 4 is 21.9 Å². The lowest BCUT2D eigenvalue weighted by molar-refractivity contribution is 0.0652. The summed E-state index contributed by atoms with van der Waals surface area (Å²) in [4.78, 5) is 10.9. The van der Waals surface area contributed by atoms with Gasteiger partial charge in [-0.2, -0.15) is 0 Å². The van der Waals surface area contributed by atoms with Gasteiger partial charge in [0, 0.05) is 21.7 Å². The molecule has 0 bridgehead atoms. The number of fused-ring (bicyclic) bond motifs is 1. The van der Waals surface area contributed by atoms with Crippen molar-refractivity contribution in [2.45, 2.75) is 13.3 Å². The smallest absolute Gasteiger partial charge is 0.374 e. The highest BCUT2D eigenvalue weighted by molar-refractivity contribution is 9.10. The average molecular weight is 354 g/mol. The van der Waals surface area contributed by atoms with Crippen LogP contribution < -0.4 is 9.47 Å². The first-order valence-corrected chi connectivity index (χ1v) is 7.22. The van der Waals surface area contributed by atoms with Crippen LogP contribution in [0.15, 0.2) is 21.1 Å². The molecule has 0 atom stereocenters. The van der Waals surface area contributed by atoms with Crippen LogP contribution in [0.2, 0.25) is 0 Å². The predicted molar refractivity (Wildman–Crippen MR) is 77.0 cm³/mol. The number of nitrogens with zero attached hydrogens (tertiary/aromatic N) is 1. The molecule has 1 aromatic carbocycles. The van der Waals surface area contributed by atoms with Crippen LogP contribution in [0.5, 0.6) is 11.5 Å². The van der Waals surface area contributed by atoms with E-state index in [0.29, 0.717) is 36.8 Å². The highest BCUT2D eigenvalue weighted by atomic mass is 79.9. The number of ether oxygens (including phenoxy) is 2. The number of aromatic carboxylic acids is 1. The van der Waals surface area contributed by atoms with Gasteiger partial charge in [-0.05, 0) is 28.4 Å². The molecule has 1 aliphatic rings. The number of halogens is 1. The largest absolute Gasteiger partial charge is 0.486 e. The molecule has 0 radical (unpaired) electrons. The van der Waals surface area contributed by atoms with Crippen LogP contribution in [0, 0.1) is 0 Å². The zero-order valence-corrected chi connectivity index (χ0v) is 12.8. The van der Waals surface area contributed by atoms with Crippen LogP contribution >= 0.6 is 15.9 Å². The normalized spacial score (nSPS) is 13.2. The summed E-state index contributed by atoms with van der Waals surface area (Å²) < 4.78 is 16.9. The van der Waals surface area contributed by atoms with Crippen molar-refractivity contribution in [1.82, 2.24) is 5.16 Å². The van der Waals surface area contributed by atoms with Gasteiger partial charge < -0.3 is 19.1 Å². The van der Waals surface area contributed by atoms with E-state index in [0.717, 1.165) is 15.6 Å². The van der Waals surface area contributed by atoms with Crippen molar-refractivity contribution < 1.29 is 23.9 Å². The van der Waals surface area contributed by atoms with Crippen molar-refractivity contribution in [2.24, 2.45) is 0 Å². The molecule has 7 heteroatoms. The molecule has 0 saturated carbocycles. The summed E-state index contributed by atoms with van der Waals surface area (Å²) in [6.45, 7) is 2.98. The van der Waals surface area contributed by atoms with Gasteiger partial charge in [-0.3, -0.25) is 0 Å². The van der Waals surface area contributed by atoms with Gasteiger partial charge in [0.05, 0.1) is 0 Å². The lowest BCUT2D eigenvalue weighted by Gasteiger charge is -2.23. The fourth-order valence-electron chi connectivity index (χ4n) is 2.33. The molecule has 21 heavy (non-hydrogen) atoms. The maximum atomic E-state index is 10.9. The van der Waals surface area contributed by atoms with Gasteiger partial charge in [0.25, 0.3) is 0 Å². The topological polar surface area (TPSA) is 81.8 Å². The van der Waals surface area contributed by atoms with Gasteiger partial charge >= 0.3 is 5.97 Å². The van der Waals surface area contributed by atoms with E-state index in [1.54, 1.807) is 6.07 Å². The van der Waals surface area contributed by atoms with Crippen LogP contribution in [0.3, 0.4) is 0 Å². The molecule has 1 aromatic heterocycles. The van der Waals surface area contributed by atoms with Crippen LogP contribution in [-0.4, -0.2) is 29.4 Å². The average Bonchev–Trinajstić information content (AvgIpc) is 2.95. The number of hydrogen-bond acceptors (Lipinski definition) is 5. The van der Waals surface area contributed by atoms with E-state index in [2.05, 4.69) is 21.1 Å². The van der Waals surface area contributed by atoms with Gasteiger partial charge in [-0.1, -0.05) is 12.1 Å². The maximum absolute atomic E-state index is 10.9. The van der Waals surface area contributed by atoms with Gasteiger partial charge in [-0.25, -0.2) is 4.79 Å². The second kappa shape index (κ2) is 5.40. The second-order valence-electron chi connectivity index (χ2n) is 4.47. The monoisotopic (exact) mass is 353 g/mol. The number of rotatable bonds is 3. The number of carbonyl (C=O) groups is 1. The van der Waals surface area contributed by atoms with E-state index in [4.69, 9.17) is 19.1 Å². The molecule has 0 saturated heterocycles. The number of aromatic nitrogens is 1. The lowest BCUT2D eigenvalue weighted by atomic mass is 10.00. The Morgan fingerprint density at radius 1 is 1.38 bits per heavy atom. The van der Waals surface area contributed by atoms with Gasteiger partial charge in [0.2, 0.25) is 5.76 Å². The molecular weight excluding hydrogens is 342 g/mol. The summed E-state index contributed by atoms with van der Waals surface area (Å²) in [5.74, 6) is 0.00630. The predicted octanol–water partition coefficient (Wildman–Crippen LogP) is 3.14. The Bertz CT molecular complexity index is 710. The molecule has 110 valence electrons. The Balaban J connectivity index is 2.18. The lowest BCUT2D eigenvalue weighted by Crippen LogP contribution is -2.17. The highest BCUT2D eigenvalue weighted by Crippen LogP contribution is 2.44. The number of carboxylic acids is 1. The summed E-state index contributed by atoms with van der Waals surface area (Å²) in [5.41, 5.74) is 2.12. The van der Waals surface area contributed by atoms with Crippen molar-refractivity contribution in [3.05, 3.63) is 27.9 Å². The second-order valence-corrected chi connectivity index (χ2v) is 5.33. The minimum atomic E-state index is -1.15. The van der Waals surface area contributed by atoms with Crippen molar-refractivity contribution in [3.8, 4) is 22.8 Å². The van der Waals surface area contributed by atoms with Crippen molar-refractivity contribution in [2.75, 3.05) is 13.2 Å². The molecular formula is C14H12BrNO5. The minimum Gasteiger partial charge on any atom is -0.486 e. The zero-order valence-electron chi connectivity index (χ0n) is 11.2. The van der Waals surface area contributed by atoms with Crippen molar-refractivity contribution in [3.63, 3.8) is 0 Å². The van der Waals surface area contributed by atoms with Crippen LogP contribution in [0.25, 0.3) is 11.3 Å². The number of benzene rings is 1. The van der Waals surface area contributed by atoms with E-state index in [-0.39, 0.29) is 5.76 Å². The standard InChI is InChI=1S/C14H12BrNO5/c1-2-7-12(9-6-11(14(17)18)21-16-9)8(15)5-10-13(7)20-4-3-19-10/h5-6H,2-4H2,1H3,(H,17,18). The number of carboxylic acid groups (broad SMARTS) is 1. The molecule has 6 nitrogen and oxygen atoms in total. The van der Waals surface area contributed by atoms with E-state index in [1.165, 1.54) is 6.07 Å². The molecule has 3 rings (SSSR count). The summed E-state index contributed by atoms with van der Waals surface area (Å²) in [6.07, 6.45) is 0.690. The first-order chi connectivity index (χ1) is 10.1. The van der Waals surface area contributed by atoms with Gasteiger partial charge in [0.15, 0.2) is 11.5 Å². The Kier molecular flexibility index (Phi) is 3.59. The van der Waals surface area contributed by atoms with Gasteiger partial charge in [-0.15, -0.1) is 0 Å². The minimum absolute atomic E-state index is 0.200. The third kappa shape index (κ3) is 2.37. The number of hydrogen-bond donors (Lipinski definition) is 1. The molecule has 2 heterocycles. The molecule has 1 N–H and O–H groups in total. The first-order valence-electron chi connectivity index (χ1n) is 6.43.